The van der Waals surface area contributed by atoms with E-state index in [4.69, 9.17) is 22.1 Å². The van der Waals surface area contributed by atoms with Crippen molar-refractivity contribution in [2.45, 2.75) is 6.61 Å². The molecule has 0 aliphatic carbocycles. The van der Waals surface area contributed by atoms with E-state index in [-0.39, 0.29) is 5.91 Å². The Labute approximate surface area is 163 Å². The first kappa shape index (κ1) is 18.5. The predicted octanol–water partition coefficient (Wildman–Crippen LogP) is 5.15. The number of carbonyl (C=O) groups is 1. The lowest BCUT2D eigenvalue weighted by atomic mass is 10.2. The van der Waals surface area contributed by atoms with E-state index in [1.165, 1.54) is 6.08 Å². The van der Waals surface area contributed by atoms with Crippen molar-refractivity contribution in [2.75, 3.05) is 11.1 Å². The summed E-state index contributed by atoms with van der Waals surface area (Å²) < 4.78 is 5.75. The van der Waals surface area contributed by atoms with Crippen molar-refractivity contribution < 1.29 is 9.53 Å². The zero-order valence-electron chi connectivity index (χ0n) is 14.6. The largest absolute Gasteiger partial charge is 0.489 e. The molecule has 0 aliphatic rings. The molecule has 0 aliphatic heterocycles. The Hall–Kier alpha value is -3.24. The molecule has 4 nitrogen and oxygen atoms in total. The second-order valence-electron chi connectivity index (χ2n) is 5.91. The Balaban J connectivity index is 1.55. The Kier molecular flexibility index (Phi) is 6.13. The fourth-order valence-corrected chi connectivity index (χ4v) is 2.57. The van der Waals surface area contributed by atoms with E-state index in [1.54, 1.807) is 24.3 Å². The monoisotopic (exact) mass is 378 g/mol. The van der Waals surface area contributed by atoms with E-state index >= 15 is 0 Å². The van der Waals surface area contributed by atoms with Gasteiger partial charge in [0.05, 0.1) is 10.7 Å². The third kappa shape index (κ3) is 5.62. The molecule has 0 radical (unpaired) electrons. The van der Waals surface area contributed by atoms with Gasteiger partial charge < -0.3 is 15.8 Å². The van der Waals surface area contributed by atoms with Crippen LogP contribution in [0.2, 0.25) is 5.02 Å². The quantitative estimate of drug-likeness (QED) is 0.460. The van der Waals surface area contributed by atoms with Crippen LogP contribution in [-0.2, 0) is 11.4 Å². The molecule has 3 N–H and O–H groups in total. The number of rotatable bonds is 6. The Bertz CT molecular complexity index is 938. The van der Waals surface area contributed by atoms with Gasteiger partial charge in [-0.25, -0.2) is 0 Å². The molecule has 0 bridgehead atoms. The van der Waals surface area contributed by atoms with E-state index in [9.17, 15) is 4.79 Å². The molecule has 0 atom stereocenters. The molecule has 27 heavy (non-hydrogen) atoms. The van der Waals surface area contributed by atoms with Crippen LogP contribution in [0.4, 0.5) is 11.4 Å². The van der Waals surface area contributed by atoms with Crippen LogP contribution in [0.25, 0.3) is 6.08 Å². The first-order chi connectivity index (χ1) is 13.1. The number of ether oxygens (including phenoxy) is 1. The van der Waals surface area contributed by atoms with Gasteiger partial charge in [-0.15, -0.1) is 0 Å². The highest BCUT2D eigenvalue weighted by Gasteiger charge is 2.03. The van der Waals surface area contributed by atoms with Gasteiger partial charge in [-0.3, -0.25) is 4.79 Å². The van der Waals surface area contributed by atoms with Gasteiger partial charge in [0.1, 0.15) is 12.4 Å². The number of amides is 1. The van der Waals surface area contributed by atoms with Crippen molar-refractivity contribution in [2.24, 2.45) is 0 Å². The van der Waals surface area contributed by atoms with Gasteiger partial charge in [0.25, 0.3) is 0 Å². The van der Waals surface area contributed by atoms with Gasteiger partial charge >= 0.3 is 0 Å². The van der Waals surface area contributed by atoms with E-state index in [0.717, 1.165) is 16.9 Å². The molecule has 0 spiro atoms. The summed E-state index contributed by atoms with van der Waals surface area (Å²) in [6.45, 7) is 0.513. The first-order valence-corrected chi connectivity index (χ1v) is 8.79. The average molecular weight is 379 g/mol. The zero-order chi connectivity index (χ0) is 19.1. The van der Waals surface area contributed by atoms with Crippen LogP contribution in [0.1, 0.15) is 11.1 Å². The average Bonchev–Trinajstić information content (AvgIpc) is 2.69. The molecular weight excluding hydrogens is 360 g/mol. The molecule has 3 rings (SSSR count). The third-order valence-electron chi connectivity index (χ3n) is 3.80. The summed E-state index contributed by atoms with van der Waals surface area (Å²) in [5, 5.41) is 3.14. The molecule has 0 fully saturated rings. The number of halogens is 1. The van der Waals surface area contributed by atoms with Crippen molar-refractivity contribution in [3.63, 3.8) is 0 Å². The topological polar surface area (TPSA) is 64.3 Å². The highest BCUT2D eigenvalue weighted by atomic mass is 35.5. The first-order valence-electron chi connectivity index (χ1n) is 8.41. The van der Waals surface area contributed by atoms with Crippen LogP contribution in [0.3, 0.4) is 0 Å². The molecule has 0 saturated carbocycles. The van der Waals surface area contributed by atoms with Crippen LogP contribution >= 0.6 is 11.6 Å². The predicted molar refractivity (Wildman–Crippen MR) is 111 cm³/mol. The molecular formula is C22H19ClN2O2. The number of carbonyl (C=O) groups excluding carboxylic acids is 1. The highest BCUT2D eigenvalue weighted by molar-refractivity contribution is 6.34. The highest BCUT2D eigenvalue weighted by Crippen LogP contribution is 2.24. The van der Waals surface area contributed by atoms with E-state index in [2.05, 4.69) is 5.32 Å². The lowest BCUT2D eigenvalue weighted by Crippen LogP contribution is -2.08. The number of nitrogens with one attached hydrogen (secondary N) is 1. The van der Waals surface area contributed by atoms with E-state index < -0.39 is 0 Å². The van der Waals surface area contributed by atoms with Gasteiger partial charge in [0.2, 0.25) is 5.91 Å². The number of anilines is 2. The van der Waals surface area contributed by atoms with Crippen LogP contribution in [0.5, 0.6) is 5.75 Å². The van der Waals surface area contributed by atoms with Crippen LogP contribution in [-0.4, -0.2) is 5.91 Å². The van der Waals surface area contributed by atoms with E-state index in [1.807, 2.05) is 54.6 Å². The summed E-state index contributed by atoms with van der Waals surface area (Å²) in [4.78, 5) is 12.1. The summed E-state index contributed by atoms with van der Waals surface area (Å²) in [6.07, 6.45) is 3.16. The lowest BCUT2D eigenvalue weighted by Gasteiger charge is -2.07. The Morgan fingerprint density at radius 1 is 1.04 bits per heavy atom. The summed E-state index contributed by atoms with van der Waals surface area (Å²) in [6, 6.07) is 22.4. The summed E-state index contributed by atoms with van der Waals surface area (Å²) in [5.41, 5.74) is 8.71. The summed E-state index contributed by atoms with van der Waals surface area (Å²) in [5.74, 6) is 0.485. The molecule has 0 unspecified atom stereocenters. The third-order valence-corrected chi connectivity index (χ3v) is 4.13. The molecule has 3 aromatic rings. The maximum atomic E-state index is 12.1. The van der Waals surface area contributed by atoms with Crippen molar-refractivity contribution in [3.8, 4) is 5.75 Å². The van der Waals surface area contributed by atoms with Gasteiger partial charge in [-0.1, -0.05) is 54.1 Å². The van der Waals surface area contributed by atoms with Crippen molar-refractivity contribution in [3.05, 3.63) is 95.0 Å². The molecule has 3 aromatic carbocycles. The minimum absolute atomic E-state index is 0.285. The van der Waals surface area contributed by atoms with Crippen molar-refractivity contribution in [1.82, 2.24) is 0 Å². The number of nitrogen functional groups attached to an aromatic ring is 1. The van der Waals surface area contributed by atoms with Gasteiger partial charge in [-0.2, -0.15) is 0 Å². The number of benzene rings is 3. The maximum Gasteiger partial charge on any atom is 0.248 e. The number of nitrogens with two attached hydrogens (primary N) is 1. The number of hydrogen-bond acceptors (Lipinski definition) is 3. The maximum absolute atomic E-state index is 12.1. The number of hydrogen-bond donors (Lipinski definition) is 2. The second kappa shape index (κ2) is 8.92. The second-order valence-corrected chi connectivity index (χ2v) is 6.31. The van der Waals surface area contributed by atoms with Crippen LogP contribution in [0, 0.1) is 0 Å². The lowest BCUT2D eigenvalue weighted by molar-refractivity contribution is -0.111. The van der Waals surface area contributed by atoms with E-state index in [0.29, 0.717) is 23.0 Å². The Morgan fingerprint density at radius 3 is 2.52 bits per heavy atom. The molecule has 5 heteroatoms. The Morgan fingerprint density at radius 2 is 1.78 bits per heavy atom. The molecule has 136 valence electrons. The molecule has 0 aromatic heterocycles. The smallest absolute Gasteiger partial charge is 0.248 e. The molecule has 0 heterocycles. The van der Waals surface area contributed by atoms with Crippen molar-refractivity contribution in [1.29, 1.82) is 0 Å². The SMILES string of the molecule is Nc1ccc(Cl)c(NC(=O)/C=C/c2ccc(OCc3ccccc3)cc2)c1. The zero-order valence-corrected chi connectivity index (χ0v) is 15.3. The summed E-state index contributed by atoms with van der Waals surface area (Å²) >= 11 is 6.04. The standard InChI is InChI=1S/C22H19ClN2O2/c23-20-12-9-18(24)14-21(20)25-22(26)13-8-16-6-10-19(11-7-16)27-15-17-4-2-1-3-5-17/h1-14H,15,24H2,(H,25,26)/b13-8+. The molecule has 0 saturated heterocycles. The molecule has 1 amide bonds. The normalized spacial score (nSPS) is 10.7. The fourth-order valence-electron chi connectivity index (χ4n) is 2.40. The fraction of sp³-hybridized carbons (Fsp3) is 0.0455. The van der Waals surface area contributed by atoms with Gasteiger partial charge in [0, 0.05) is 11.8 Å². The minimum Gasteiger partial charge on any atom is -0.489 e. The van der Waals surface area contributed by atoms with Crippen LogP contribution in [0.15, 0.2) is 78.9 Å². The van der Waals surface area contributed by atoms with Crippen LogP contribution < -0.4 is 15.8 Å². The van der Waals surface area contributed by atoms with Crippen molar-refractivity contribution >= 4 is 35.0 Å². The van der Waals surface area contributed by atoms with Gasteiger partial charge in [-0.05, 0) is 47.5 Å². The van der Waals surface area contributed by atoms with Gasteiger partial charge in [0.15, 0.2) is 0 Å². The summed E-state index contributed by atoms with van der Waals surface area (Å²) in [7, 11) is 0. The minimum atomic E-state index is -0.285.